The van der Waals surface area contributed by atoms with Crippen molar-refractivity contribution in [2.45, 2.75) is 51.5 Å². The van der Waals surface area contributed by atoms with Gasteiger partial charge in [0, 0.05) is 5.92 Å². The summed E-state index contributed by atoms with van der Waals surface area (Å²) in [6.45, 7) is 4.45. The third-order valence-electron chi connectivity index (χ3n) is 3.63. The summed E-state index contributed by atoms with van der Waals surface area (Å²) in [6.07, 6.45) is 4.79. The summed E-state index contributed by atoms with van der Waals surface area (Å²) in [5, 5.41) is 10.7. The minimum absolute atomic E-state index is 0.161. The molecule has 0 bridgehead atoms. The topological polar surface area (TPSA) is 51.8 Å². The van der Waals surface area contributed by atoms with E-state index >= 15 is 0 Å². The van der Waals surface area contributed by atoms with Crippen LogP contribution in [0.25, 0.3) is 0 Å². The first-order chi connectivity index (χ1) is 9.76. The predicted octanol–water partition coefficient (Wildman–Crippen LogP) is 4.27. The highest BCUT2D eigenvalue weighted by Gasteiger charge is 2.18. The van der Waals surface area contributed by atoms with E-state index in [-0.39, 0.29) is 6.04 Å². The zero-order valence-corrected chi connectivity index (χ0v) is 13.1. The van der Waals surface area contributed by atoms with Crippen LogP contribution in [0.15, 0.2) is 30.3 Å². The fourth-order valence-corrected chi connectivity index (χ4v) is 3.38. The highest BCUT2D eigenvalue weighted by Crippen LogP contribution is 2.31. The molecule has 0 fully saturated rings. The molecule has 2 unspecified atom stereocenters. The Hall–Kier alpha value is -1.26. The first-order valence-electron chi connectivity index (χ1n) is 7.40. The Labute approximate surface area is 125 Å². The van der Waals surface area contributed by atoms with Crippen molar-refractivity contribution in [2.24, 2.45) is 5.73 Å². The van der Waals surface area contributed by atoms with Gasteiger partial charge >= 0.3 is 0 Å². The average molecular weight is 289 g/mol. The first-order valence-corrected chi connectivity index (χ1v) is 8.21. The van der Waals surface area contributed by atoms with Crippen LogP contribution >= 0.6 is 11.3 Å². The molecule has 2 aromatic rings. The van der Waals surface area contributed by atoms with Gasteiger partial charge in [0.25, 0.3) is 0 Å². The zero-order valence-electron chi connectivity index (χ0n) is 12.2. The number of nitrogens with zero attached hydrogens (tertiary/aromatic N) is 2. The predicted molar refractivity (Wildman–Crippen MR) is 84.9 cm³/mol. The Kier molecular flexibility index (Phi) is 5.68. The fourth-order valence-electron chi connectivity index (χ4n) is 2.29. The molecule has 2 N–H and O–H groups in total. The van der Waals surface area contributed by atoms with Gasteiger partial charge in [0.1, 0.15) is 10.0 Å². The summed E-state index contributed by atoms with van der Waals surface area (Å²) in [7, 11) is 0. The van der Waals surface area contributed by atoms with E-state index in [1.165, 1.54) is 19.3 Å². The van der Waals surface area contributed by atoms with Gasteiger partial charge in [-0.05, 0) is 18.4 Å². The maximum absolute atomic E-state index is 6.28. The number of aromatic nitrogens is 2. The van der Waals surface area contributed by atoms with Crippen molar-refractivity contribution in [3.63, 3.8) is 0 Å². The Bertz CT molecular complexity index is 509. The van der Waals surface area contributed by atoms with Gasteiger partial charge in [0.2, 0.25) is 0 Å². The van der Waals surface area contributed by atoms with Crippen molar-refractivity contribution in [3.05, 3.63) is 45.9 Å². The van der Waals surface area contributed by atoms with E-state index < -0.39 is 0 Å². The van der Waals surface area contributed by atoms with Crippen molar-refractivity contribution >= 4 is 11.3 Å². The van der Waals surface area contributed by atoms with Gasteiger partial charge in [-0.25, -0.2) is 0 Å². The van der Waals surface area contributed by atoms with Crippen molar-refractivity contribution in [1.82, 2.24) is 10.2 Å². The standard InChI is InChI=1S/C16H23N3S/c1-3-5-9-12(4-2)15-18-19-16(20-15)14(17)13-10-7-6-8-11-13/h6-8,10-12,14H,3-5,9,17H2,1-2H3. The lowest BCUT2D eigenvalue weighted by molar-refractivity contribution is 0.563. The van der Waals surface area contributed by atoms with Crippen LogP contribution in [0.3, 0.4) is 0 Å². The quantitative estimate of drug-likeness (QED) is 0.828. The summed E-state index contributed by atoms with van der Waals surface area (Å²) >= 11 is 1.67. The minimum Gasteiger partial charge on any atom is -0.318 e. The number of nitrogens with two attached hydrogens (primary N) is 1. The Balaban J connectivity index is 2.11. The molecule has 0 saturated carbocycles. The molecule has 0 radical (unpaired) electrons. The van der Waals surface area contributed by atoms with Crippen LogP contribution < -0.4 is 5.73 Å². The smallest absolute Gasteiger partial charge is 0.138 e. The second-order valence-electron chi connectivity index (χ2n) is 5.11. The normalized spacial score (nSPS) is 14.2. The highest BCUT2D eigenvalue weighted by molar-refractivity contribution is 7.11. The second kappa shape index (κ2) is 7.50. The van der Waals surface area contributed by atoms with Crippen LogP contribution in [-0.2, 0) is 0 Å². The molecule has 1 heterocycles. The maximum atomic E-state index is 6.28. The lowest BCUT2D eigenvalue weighted by atomic mass is 10.0. The summed E-state index contributed by atoms with van der Waals surface area (Å²) < 4.78 is 0. The molecule has 108 valence electrons. The number of rotatable bonds is 7. The maximum Gasteiger partial charge on any atom is 0.138 e. The highest BCUT2D eigenvalue weighted by atomic mass is 32.1. The number of benzene rings is 1. The molecule has 1 aromatic heterocycles. The molecule has 4 heteroatoms. The van der Waals surface area contributed by atoms with E-state index in [1.807, 2.05) is 30.3 Å². The van der Waals surface area contributed by atoms with Crippen LogP contribution in [0.5, 0.6) is 0 Å². The van der Waals surface area contributed by atoms with Gasteiger partial charge in [-0.1, -0.05) is 68.4 Å². The third-order valence-corrected chi connectivity index (χ3v) is 4.80. The van der Waals surface area contributed by atoms with Crippen molar-refractivity contribution in [2.75, 3.05) is 0 Å². The molecule has 1 aromatic carbocycles. The van der Waals surface area contributed by atoms with Gasteiger partial charge in [-0.15, -0.1) is 10.2 Å². The molecule has 3 nitrogen and oxygen atoms in total. The van der Waals surface area contributed by atoms with E-state index in [2.05, 4.69) is 24.0 Å². The molecule has 2 rings (SSSR count). The SMILES string of the molecule is CCCCC(CC)c1nnc(C(N)c2ccccc2)s1. The zero-order chi connectivity index (χ0) is 14.4. The van der Waals surface area contributed by atoms with Gasteiger partial charge in [0.15, 0.2) is 0 Å². The molecule has 0 aliphatic heterocycles. The minimum atomic E-state index is -0.161. The van der Waals surface area contributed by atoms with Gasteiger partial charge in [-0.2, -0.15) is 0 Å². The Morgan fingerprint density at radius 1 is 1.10 bits per heavy atom. The second-order valence-corrected chi connectivity index (χ2v) is 6.15. The Morgan fingerprint density at radius 3 is 2.45 bits per heavy atom. The average Bonchev–Trinajstić information content (AvgIpc) is 2.98. The van der Waals surface area contributed by atoms with Crippen LogP contribution in [0.2, 0.25) is 0 Å². The summed E-state index contributed by atoms with van der Waals surface area (Å²) in [5.41, 5.74) is 7.37. The lowest BCUT2D eigenvalue weighted by Crippen LogP contribution is -2.11. The molecule has 0 aliphatic carbocycles. The van der Waals surface area contributed by atoms with Crippen LogP contribution in [0, 0.1) is 0 Å². The van der Waals surface area contributed by atoms with E-state index in [4.69, 9.17) is 5.73 Å². The molecular weight excluding hydrogens is 266 g/mol. The molecule has 0 saturated heterocycles. The first kappa shape index (κ1) is 15.1. The fraction of sp³-hybridized carbons (Fsp3) is 0.500. The van der Waals surface area contributed by atoms with Crippen LogP contribution in [-0.4, -0.2) is 10.2 Å². The van der Waals surface area contributed by atoms with E-state index in [9.17, 15) is 0 Å². The van der Waals surface area contributed by atoms with Crippen LogP contribution in [0.4, 0.5) is 0 Å². The van der Waals surface area contributed by atoms with Crippen molar-refractivity contribution in [1.29, 1.82) is 0 Å². The van der Waals surface area contributed by atoms with Crippen molar-refractivity contribution in [3.8, 4) is 0 Å². The monoisotopic (exact) mass is 289 g/mol. The van der Waals surface area contributed by atoms with E-state index in [0.29, 0.717) is 5.92 Å². The largest absolute Gasteiger partial charge is 0.318 e. The van der Waals surface area contributed by atoms with E-state index in [1.54, 1.807) is 11.3 Å². The number of hydrogen-bond acceptors (Lipinski definition) is 4. The van der Waals surface area contributed by atoms with Crippen LogP contribution in [0.1, 0.15) is 67.1 Å². The molecule has 0 amide bonds. The molecule has 20 heavy (non-hydrogen) atoms. The van der Waals surface area contributed by atoms with E-state index in [0.717, 1.165) is 22.0 Å². The molecule has 0 spiro atoms. The summed E-state index contributed by atoms with van der Waals surface area (Å²) in [6, 6.07) is 9.94. The van der Waals surface area contributed by atoms with Gasteiger partial charge in [0.05, 0.1) is 6.04 Å². The third kappa shape index (κ3) is 3.64. The van der Waals surface area contributed by atoms with Gasteiger partial charge < -0.3 is 5.73 Å². The lowest BCUT2D eigenvalue weighted by Gasteiger charge is -2.10. The Morgan fingerprint density at radius 2 is 1.80 bits per heavy atom. The van der Waals surface area contributed by atoms with Crippen molar-refractivity contribution < 1.29 is 0 Å². The van der Waals surface area contributed by atoms with Gasteiger partial charge in [-0.3, -0.25) is 0 Å². The summed E-state index contributed by atoms with van der Waals surface area (Å²) in [4.78, 5) is 0. The molecule has 0 aliphatic rings. The summed E-state index contributed by atoms with van der Waals surface area (Å²) in [5.74, 6) is 0.532. The molecule has 2 atom stereocenters. The number of unbranched alkanes of at least 4 members (excludes halogenated alkanes) is 1. The number of hydrogen-bond donors (Lipinski definition) is 1. The molecular formula is C16H23N3S.